The molecule has 2 N–H and O–H groups in total. The van der Waals surface area contributed by atoms with Gasteiger partial charge in [-0.05, 0) is 17.7 Å². The van der Waals surface area contributed by atoms with Gasteiger partial charge in [0.2, 0.25) is 0 Å². The van der Waals surface area contributed by atoms with Crippen LogP contribution in [0.5, 0.6) is 5.75 Å². The maximum atomic E-state index is 14.1. The fourth-order valence-corrected chi connectivity index (χ4v) is 2.60. The Morgan fingerprint density at radius 2 is 2.05 bits per heavy atom. The number of benzene rings is 1. The van der Waals surface area contributed by atoms with Gasteiger partial charge in [0.1, 0.15) is 12.6 Å². The van der Waals surface area contributed by atoms with Crippen LogP contribution in [0.25, 0.3) is 0 Å². The van der Waals surface area contributed by atoms with E-state index in [2.05, 4.69) is 5.32 Å². The van der Waals surface area contributed by atoms with E-state index in [4.69, 9.17) is 9.84 Å². The molecule has 118 valence electrons. The largest absolute Gasteiger partial charge is 0.494 e. The molecule has 0 spiro atoms. The lowest BCUT2D eigenvalue weighted by molar-refractivity contribution is -0.118. The SMILES string of the molecule is COc1ccc([C@@H](N2CCNCC2)C(F)(F)CO)cc1F. The number of hydrogen-bond acceptors (Lipinski definition) is 4. The van der Waals surface area contributed by atoms with Crippen LogP contribution in [0.4, 0.5) is 13.2 Å². The molecule has 0 aromatic heterocycles. The van der Waals surface area contributed by atoms with Crippen LogP contribution in [0.1, 0.15) is 11.6 Å². The van der Waals surface area contributed by atoms with Gasteiger partial charge in [-0.15, -0.1) is 0 Å². The van der Waals surface area contributed by atoms with Gasteiger partial charge in [-0.25, -0.2) is 13.2 Å². The number of alkyl halides is 2. The third-order valence-corrected chi connectivity index (χ3v) is 3.62. The molecule has 0 saturated carbocycles. The van der Waals surface area contributed by atoms with E-state index in [9.17, 15) is 13.2 Å². The lowest BCUT2D eigenvalue weighted by Gasteiger charge is -2.38. The number of piperazine rings is 1. The second kappa shape index (κ2) is 6.64. The molecule has 0 bridgehead atoms. The Balaban J connectivity index is 2.36. The topological polar surface area (TPSA) is 44.7 Å². The highest BCUT2D eigenvalue weighted by molar-refractivity contribution is 5.32. The average molecular weight is 304 g/mol. The molecule has 1 aliphatic rings. The van der Waals surface area contributed by atoms with Crippen molar-refractivity contribution in [1.82, 2.24) is 10.2 Å². The van der Waals surface area contributed by atoms with Crippen LogP contribution in [-0.2, 0) is 0 Å². The highest BCUT2D eigenvalue weighted by atomic mass is 19.3. The molecular formula is C14H19F3N2O2. The van der Waals surface area contributed by atoms with Crippen LogP contribution in [-0.4, -0.2) is 55.8 Å². The summed E-state index contributed by atoms with van der Waals surface area (Å²) in [6, 6.07) is 2.44. The summed E-state index contributed by atoms with van der Waals surface area (Å²) in [5.41, 5.74) is 0.134. The summed E-state index contributed by atoms with van der Waals surface area (Å²) in [5.74, 6) is -4.03. The summed E-state index contributed by atoms with van der Waals surface area (Å²) in [5, 5.41) is 12.1. The van der Waals surface area contributed by atoms with Crippen molar-refractivity contribution in [2.24, 2.45) is 0 Å². The molecular weight excluding hydrogens is 285 g/mol. The number of ether oxygens (including phenoxy) is 1. The highest BCUT2D eigenvalue weighted by Gasteiger charge is 2.44. The molecule has 7 heteroatoms. The van der Waals surface area contributed by atoms with Crippen LogP contribution in [0, 0.1) is 5.82 Å². The predicted molar refractivity (Wildman–Crippen MR) is 72.2 cm³/mol. The Kier molecular flexibility index (Phi) is 5.08. The van der Waals surface area contributed by atoms with Gasteiger partial charge in [-0.3, -0.25) is 4.90 Å². The van der Waals surface area contributed by atoms with Crippen LogP contribution in [0.3, 0.4) is 0 Å². The number of aliphatic hydroxyl groups is 1. The number of nitrogens with zero attached hydrogens (tertiary/aromatic N) is 1. The fraction of sp³-hybridized carbons (Fsp3) is 0.571. The highest BCUT2D eigenvalue weighted by Crippen LogP contribution is 2.37. The molecule has 1 fully saturated rings. The molecule has 1 saturated heterocycles. The van der Waals surface area contributed by atoms with Gasteiger partial charge in [0.15, 0.2) is 11.6 Å². The van der Waals surface area contributed by atoms with E-state index < -0.39 is 24.4 Å². The Labute approximate surface area is 121 Å². The molecule has 1 atom stereocenters. The summed E-state index contributed by atoms with van der Waals surface area (Å²) in [7, 11) is 1.31. The van der Waals surface area contributed by atoms with Crippen molar-refractivity contribution < 1.29 is 23.0 Å². The molecule has 0 unspecified atom stereocenters. The van der Waals surface area contributed by atoms with Crippen LogP contribution in [0.2, 0.25) is 0 Å². The van der Waals surface area contributed by atoms with Crippen molar-refractivity contribution in [3.05, 3.63) is 29.6 Å². The van der Waals surface area contributed by atoms with Crippen molar-refractivity contribution >= 4 is 0 Å². The minimum absolute atomic E-state index is 0.00475. The number of nitrogens with one attached hydrogen (secondary N) is 1. The Morgan fingerprint density at radius 1 is 1.38 bits per heavy atom. The fourth-order valence-electron chi connectivity index (χ4n) is 2.60. The normalized spacial score (nSPS) is 18.5. The summed E-state index contributed by atoms with van der Waals surface area (Å²) in [6.45, 7) is 0.699. The standard InChI is InChI=1S/C14H19F3N2O2/c1-21-12-3-2-10(8-11(12)15)13(14(16,17)9-20)19-6-4-18-5-7-19/h2-3,8,13,18,20H,4-7,9H2,1H3/t13-/m1/s1. The molecule has 2 rings (SSSR count). The molecule has 0 aliphatic carbocycles. The van der Waals surface area contributed by atoms with Gasteiger partial charge in [0.05, 0.1) is 7.11 Å². The molecule has 1 heterocycles. The summed E-state index contributed by atoms with van der Waals surface area (Å²) in [4.78, 5) is 1.56. The first-order valence-electron chi connectivity index (χ1n) is 6.76. The molecule has 1 aliphatic heterocycles. The first-order valence-corrected chi connectivity index (χ1v) is 6.76. The van der Waals surface area contributed by atoms with Crippen molar-refractivity contribution in [2.75, 3.05) is 39.9 Å². The van der Waals surface area contributed by atoms with E-state index in [1.54, 1.807) is 4.90 Å². The zero-order chi connectivity index (χ0) is 15.5. The summed E-state index contributed by atoms with van der Waals surface area (Å²) in [6.07, 6.45) is 0. The average Bonchev–Trinajstić information content (AvgIpc) is 2.48. The van der Waals surface area contributed by atoms with E-state index in [1.165, 1.54) is 19.2 Å². The summed E-state index contributed by atoms with van der Waals surface area (Å²) >= 11 is 0. The second-order valence-electron chi connectivity index (χ2n) is 5.00. The van der Waals surface area contributed by atoms with E-state index >= 15 is 0 Å². The van der Waals surface area contributed by atoms with Crippen molar-refractivity contribution in [2.45, 2.75) is 12.0 Å². The van der Waals surface area contributed by atoms with Crippen molar-refractivity contribution in [1.29, 1.82) is 0 Å². The maximum Gasteiger partial charge on any atom is 0.289 e. The quantitative estimate of drug-likeness (QED) is 0.863. The third kappa shape index (κ3) is 3.48. The minimum Gasteiger partial charge on any atom is -0.494 e. The van der Waals surface area contributed by atoms with E-state index in [0.717, 1.165) is 6.07 Å². The van der Waals surface area contributed by atoms with Gasteiger partial charge >= 0.3 is 0 Å². The molecule has 21 heavy (non-hydrogen) atoms. The van der Waals surface area contributed by atoms with E-state index in [0.29, 0.717) is 26.2 Å². The lowest BCUT2D eigenvalue weighted by Crippen LogP contribution is -2.51. The maximum absolute atomic E-state index is 14.1. The Bertz CT molecular complexity index is 479. The summed E-state index contributed by atoms with van der Waals surface area (Å²) < 4.78 is 46.9. The first kappa shape index (κ1) is 16.1. The molecule has 0 amide bonds. The molecule has 1 aromatic rings. The van der Waals surface area contributed by atoms with Gasteiger partial charge in [-0.1, -0.05) is 6.07 Å². The zero-order valence-electron chi connectivity index (χ0n) is 11.8. The van der Waals surface area contributed by atoms with Crippen LogP contribution < -0.4 is 10.1 Å². The zero-order valence-corrected chi connectivity index (χ0v) is 11.8. The minimum atomic E-state index is -3.35. The molecule has 0 radical (unpaired) electrons. The number of rotatable bonds is 5. The molecule has 1 aromatic carbocycles. The molecule has 4 nitrogen and oxygen atoms in total. The van der Waals surface area contributed by atoms with E-state index in [1.807, 2.05) is 0 Å². The monoisotopic (exact) mass is 304 g/mol. The van der Waals surface area contributed by atoms with Gasteiger partial charge in [0.25, 0.3) is 5.92 Å². The van der Waals surface area contributed by atoms with Gasteiger partial charge < -0.3 is 15.2 Å². The van der Waals surface area contributed by atoms with E-state index in [-0.39, 0.29) is 11.3 Å². The predicted octanol–water partition coefficient (Wildman–Crippen LogP) is 1.41. The second-order valence-corrected chi connectivity index (χ2v) is 5.00. The first-order chi connectivity index (χ1) is 9.99. The smallest absolute Gasteiger partial charge is 0.289 e. The number of methoxy groups -OCH3 is 1. The van der Waals surface area contributed by atoms with Crippen LogP contribution in [0.15, 0.2) is 18.2 Å². The van der Waals surface area contributed by atoms with Crippen molar-refractivity contribution in [3.63, 3.8) is 0 Å². The number of halogens is 3. The van der Waals surface area contributed by atoms with Crippen LogP contribution >= 0.6 is 0 Å². The Morgan fingerprint density at radius 3 is 2.57 bits per heavy atom. The third-order valence-electron chi connectivity index (χ3n) is 3.62. The van der Waals surface area contributed by atoms with Gasteiger partial charge in [-0.2, -0.15) is 0 Å². The number of hydrogen-bond donors (Lipinski definition) is 2. The Hall–Kier alpha value is -1.31. The van der Waals surface area contributed by atoms with Gasteiger partial charge in [0, 0.05) is 26.2 Å². The van der Waals surface area contributed by atoms with Crippen molar-refractivity contribution in [3.8, 4) is 5.75 Å². The lowest BCUT2D eigenvalue weighted by atomic mass is 9.98. The number of aliphatic hydroxyl groups excluding tert-OH is 1.